The molecule has 0 bridgehead atoms. The molecule has 0 saturated heterocycles. The molecule has 1 aromatic rings. The van der Waals surface area contributed by atoms with E-state index in [0.717, 1.165) is 18.2 Å². The van der Waals surface area contributed by atoms with Gasteiger partial charge in [-0.2, -0.15) is 0 Å². The van der Waals surface area contributed by atoms with Crippen molar-refractivity contribution < 1.29 is 5.11 Å². The first-order valence-electron chi connectivity index (χ1n) is 4.45. The third-order valence-corrected chi connectivity index (χ3v) is 2.83. The van der Waals surface area contributed by atoms with E-state index in [4.69, 9.17) is 5.11 Å². The molecular weight excluding hydrogens is 230 g/mol. The third-order valence-electron chi connectivity index (χ3n) is 2.05. The summed E-state index contributed by atoms with van der Waals surface area (Å²) in [6.07, 6.45) is 5.53. The SMILES string of the molecule is OCCCC(CBr)c1cccnc1. The van der Waals surface area contributed by atoms with Crippen LogP contribution in [-0.2, 0) is 0 Å². The van der Waals surface area contributed by atoms with Gasteiger partial charge in [-0.1, -0.05) is 22.0 Å². The zero-order valence-corrected chi connectivity index (χ0v) is 9.07. The van der Waals surface area contributed by atoms with Crippen LogP contribution >= 0.6 is 15.9 Å². The summed E-state index contributed by atoms with van der Waals surface area (Å²) in [7, 11) is 0. The van der Waals surface area contributed by atoms with Crippen molar-refractivity contribution in [2.24, 2.45) is 0 Å². The van der Waals surface area contributed by atoms with Gasteiger partial charge in [0.1, 0.15) is 0 Å². The second-order valence-electron chi connectivity index (χ2n) is 3.00. The number of alkyl halides is 1. The van der Waals surface area contributed by atoms with E-state index in [0.29, 0.717) is 5.92 Å². The van der Waals surface area contributed by atoms with Gasteiger partial charge in [0.25, 0.3) is 0 Å². The van der Waals surface area contributed by atoms with Crippen LogP contribution in [0.2, 0.25) is 0 Å². The summed E-state index contributed by atoms with van der Waals surface area (Å²) < 4.78 is 0. The van der Waals surface area contributed by atoms with Gasteiger partial charge >= 0.3 is 0 Å². The van der Waals surface area contributed by atoms with Gasteiger partial charge in [-0.3, -0.25) is 4.98 Å². The summed E-state index contributed by atoms with van der Waals surface area (Å²) in [5, 5.41) is 9.66. The predicted molar refractivity (Wildman–Crippen MR) is 57.1 cm³/mol. The topological polar surface area (TPSA) is 33.1 Å². The van der Waals surface area contributed by atoms with Crippen molar-refractivity contribution in [3.63, 3.8) is 0 Å². The summed E-state index contributed by atoms with van der Waals surface area (Å²) >= 11 is 3.47. The van der Waals surface area contributed by atoms with E-state index in [1.54, 1.807) is 6.20 Å². The van der Waals surface area contributed by atoms with Gasteiger partial charge in [-0.15, -0.1) is 0 Å². The Morgan fingerprint density at radius 2 is 2.38 bits per heavy atom. The Bertz CT molecular complexity index is 228. The van der Waals surface area contributed by atoms with E-state index >= 15 is 0 Å². The highest BCUT2D eigenvalue weighted by molar-refractivity contribution is 9.09. The lowest BCUT2D eigenvalue weighted by Gasteiger charge is -2.12. The quantitative estimate of drug-likeness (QED) is 0.806. The van der Waals surface area contributed by atoms with Crippen LogP contribution in [0.25, 0.3) is 0 Å². The molecule has 1 unspecified atom stereocenters. The first kappa shape index (κ1) is 10.7. The number of aliphatic hydroxyl groups excluding tert-OH is 1. The summed E-state index contributed by atoms with van der Waals surface area (Å²) in [5.41, 5.74) is 1.24. The monoisotopic (exact) mass is 243 g/mol. The molecule has 0 aliphatic rings. The minimum Gasteiger partial charge on any atom is -0.396 e. The smallest absolute Gasteiger partial charge is 0.0431 e. The van der Waals surface area contributed by atoms with Crippen LogP contribution in [0.15, 0.2) is 24.5 Å². The Hall–Kier alpha value is -0.410. The molecule has 0 saturated carbocycles. The van der Waals surface area contributed by atoms with Gasteiger partial charge in [0.2, 0.25) is 0 Å². The zero-order valence-electron chi connectivity index (χ0n) is 7.49. The largest absolute Gasteiger partial charge is 0.396 e. The Kier molecular flexibility index (Phi) is 5.01. The van der Waals surface area contributed by atoms with Crippen LogP contribution < -0.4 is 0 Å². The lowest BCUT2D eigenvalue weighted by molar-refractivity contribution is 0.281. The Morgan fingerprint density at radius 3 is 2.92 bits per heavy atom. The number of aromatic nitrogens is 1. The van der Waals surface area contributed by atoms with Gasteiger partial charge in [0.15, 0.2) is 0 Å². The van der Waals surface area contributed by atoms with Gasteiger partial charge in [0.05, 0.1) is 0 Å². The highest BCUT2D eigenvalue weighted by atomic mass is 79.9. The average Bonchev–Trinajstić information content (AvgIpc) is 2.21. The molecule has 0 fully saturated rings. The molecule has 0 aliphatic heterocycles. The predicted octanol–water partition coefficient (Wildman–Crippen LogP) is 2.33. The van der Waals surface area contributed by atoms with Gasteiger partial charge < -0.3 is 5.11 Å². The number of pyridine rings is 1. The first-order valence-corrected chi connectivity index (χ1v) is 5.57. The Labute approximate surface area is 87.1 Å². The van der Waals surface area contributed by atoms with E-state index in [9.17, 15) is 0 Å². The molecule has 1 atom stereocenters. The molecule has 1 rings (SSSR count). The van der Waals surface area contributed by atoms with Crippen LogP contribution in [0.3, 0.4) is 0 Å². The average molecular weight is 244 g/mol. The molecule has 0 aliphatic carbocycles. The molecule has 13 heavy (non-hydrogen) atoms. The minimum atomic E-state index is 0.268. The third kappa shape index (κ3) is 3.44. The Morgan fingerprint density at radius 1 is 1.54 bits per heavy atom. The van der Waals surface area contributed by atoms with Crippen LogP contribution in [0.5, 0.6) is 0 Å². The van der Waals surface area contributed by atoms with Crippen molar-refractivity contribution in [3.05, 3.63) is 30.1 Å². The number of nitrogens with zero attached hydrogens (tertiary/aromatic N) is 1. The fraction of sp³-hybridized carbons (Fsp3) is 0.500. The molecule has 0 radical (unpaired) electrons. The van der Waals surface area contributed by atoms with Crippen LogP contribution in [-0.4, -0.2) is 22.0 Å². The maximum Gasteiger partial charge on any atom is 0.0431 e. The van der Waals surface area contributed by atoms with Crippen molar-refractivity contribution in [2.75, 3.05) is 11.9 Å². The second-order valence-corrected chi connectivity index (χ2v) is 3.65. The van der Waals surface area contributed by atoms with Gasteiger partial charge in [0, 0.05) is 24.3 Å². The van der Waals surface area contributed by atoms with Crippen LogP contribution in [0.4, 0.5) is 0 Å². The number of hydrogen-bond donors (Lipinski definition) is 1. The maximum absolute atomic E-state index is 8.73. The number of halogens is 1. The zero-order chi connectivity index (χ0) is 9.52. The van der Waals surface area contributed by atoms with Crippen molar-refractivity contribution in [1.29, 1.82) is 0 Å². The molecular formula is C10H14BrNO. The molecule has 72 valence electrons. The summed E-state index contributed by atoms with van der Waals surface area (Å²) in [6, 6.07) is 4.03. The molecule has 3 heteroatoms. The fourth-order valence-corrected chi connectivity index (χ4v) is 1.99. The Balaban J connectivity index is 2.56. The number of rotatable bonds is 5. The van der Waals surface area contributed by atoms with E-state index < -0.39 is 0 Å². The number of aliphatic hydroxyl groups is 1. The highest BCUT2D eigenvalue weighted by Crippen LogP contribution is 2.22. The molecule has 1 N–H and O–H groups in total. The second kappa shape index (κ2) is 6.11. The molecule has 1 aromatic heterocycles. The molecule has 0 aromatic carbocycles. The fourth-order valence-electron chi connectivity index (χ4n) is 1.29. The van der Waals surface area contributed by atoms with Gasteiger partial charge in [-0.25, -0.2) is 0 Å². The highest BCUT2D eigenvalue weighted by Gasteiger charge is 2.08. The van der Waals surface area contributed by atoms with Crippen molar-refractivity contribution in [3.8, 4) is 0 Å². The molecule has 2 nitrogen and oxygen atoms in total. The van der Waals surface area contributed by atoms with Crippen molar-refractivity contribution in [2.45, 2.75) is 18.8 Å². The standard InChI is InChI=1S/C10H14BrNO/c11-7-9(4-2-6-13)10-3-1-5-12-8-10/h1,3,5,8-9,13H,2,4,6-7H2. The van der Waals surface area contributed by atoms with Crippen molar-refractivity contribution >= 4 is 15.9 Å². The lowest BCUT2D eigenvalue weighted by atomic mass is 9.98. The number of hydrogen-bond acceptors (Lipinski definition) is 2. The summed E-state index contributed by atoms with van der Waals surface area (Å²) in [5.74, 6) is 0.473. The first-order chi connectivity index (χ1) is 6.38. The van der Waals surface area contributed by atoms with Crippen LogP contribution in [0, 0.1) is 0 Å². The summed E-state index contributed by atoms with van der Waals surface area (Å²) in [4.78, 5) is 4.08. The van der Waals surface area contributed by atoms with E-state index in [1.807, 2.05) is 12.3 Å². The normalized spacial score (nSPS) is 12.8. The van der Waals surface area contributed by atoms with E-state index in [2.05, 4.69) is 27.0 Å². The molecule has 1 heterocycles. The molecule has 0 spiro atoms. The summed E-state index contributed by atoms with van der Waals surface area (Å²) in [6.45, 7) is 0.268. The van der Waals surface area contributed by atoms with Gasteiger partial charge in [-0.05, 0) is 30.4 Å². The van der Waals surface area contributed by atoms with E-state index in [1.165, 1.54) is 5.56 Å². The minimum absolute atomic E-state index is 0.268. The molecule has 0 amide bonds. The lowest BCUT2D eigenvalue weighted by Crippen LogP contribution is -2.01. The van der Waals surface area contributed by atoms with Crippen molar-refractivity contribution in [1.82, 2.24) is 4.98 Å². The van der Waals surface area contributed by atoms with E-state index in [-0.39, 0.29) is 6.61 Å². The maximum atomic E-state index is 8.73. The van der Waals surface area contributed by atoms with Crippen LogP contribution in [0.1, 0.15) is 24.3 Å².